The number of hydrogen-bond acceptors (Lipinski definition) is 6. The maximum absolute atomic E-state index is 13.1. The van der Waals surface area contributed by atoms with Crippen molar-refractivity contribution in [3.05, 3.63) is 106 Å². The van der Waals surface area contributed by atoms with Gasteiger partial charge in [0, 0.05) is 5.69 Å². The van der Waals surface area contributed by atoms with Crippen LogP contribution in [0.15, 0.2) is 88.9 Å². The number of anilines is 1. The molecule has 8 nitrogen and oxygen atoms in total. The Labute approximate surface area is 232 Å². The SMILES string of the molecule is CCOc1cc(/C=C(\C#N)C(=O)Nc2ccc(C(=O)O)cc2)cc(Br)c1OC(=O)c1cccc2ccccc12. The highest BCUT2D eigenvalue weighted by Gasteiger charge is 2.19. The largest absolute Gasteiger partial charge is 0.490 e. The number of carbonyl (C=O) groups excluding carboxylic acids is 2. The van der Waals surface area contributed by atoms with Crippen LogP contribution in [0.5, 0.6) is 11.5 Å². The molecule has 0 bridgehead atoms. The van der Waals surface area contributed by atoms with Crippen LogP contribution in [0.2, 0.25) is 0 Å². The number of halogens is 1. The van der Waals surface area contributed by atoms with Gasteiger partial charge in [-0.3, -0.25) is 4.79 Å². The third kappa shape index (κ3) is 6.32. The monoisotopic (exact) mass is 584 g/mol. The lowest BCUT2D eigenvalue weighted by Crippen LogP contribution is -2.13. The molecule has 4 aromatic rings. The molecule has 0 saturated heterocycles. The van der Waals surface area contributed by atoms with E-state index in [-0.39, 0.29) is 29.2 Å². The Morgan fingerprint density at radius 3 is 2.44 bits per heavy atom. The molecule has 4 aromatic carbocycles. The van der Waals surface area contributed by atoms with Gasteiger partial charge in [0.25, 0.3) is 5.91 Å². The van der Waals surface area contributed by atoms with E-state index in [0.29, 0.717) is 21.3 Å². The molecule has 0 aliphatic carbocycles. The van der Waals surface area contributed by atoms with E-state index in [4.69, 9.17) is 14.6 Å². The van der Waals surface area contributed by atoms with Crippen molar-refractivity contribution in [2.24, 2.45) is 0 Å². The third-order valence-corrected chi connectivity index (χ3v) is 6.19. The number of esters is 1. The van der Waals surface area contributed by atoms with Gasteiger partial charge in [0.1, 0.15) is 11.6 Å². The number of carboxylic acid groups (broad SMARTS) is 1. The Kier molecular flexibility index (Phi) is 8.39. The molecule has 0 radical (unpaired) electrons. The van der Waals surface area contributed by atoms with Crippen LogP contribution < -0.4 is 14.8 Å². The summed E-state index contributed by atoms with van der Waals surface area (Å²) in [7, 11) is 0. The first-order valence-electron chi connectivity index (χ1n) is 11.7. The Bertz CT molecular complexity index is 1650. The van der Waals surface area contributed by atoms with E-state index < -0.39 is 17.8 Å². The molecule has 194 valence electrons. The lowest BCUT2D eigenvalue weighted by atomic mass is 10.0. The number of carbonyl (C=O) groups is 3. The van der Waals surface area contributed by atoms with Crippen LogP contribution in [0, 0.1) is 11.3 Å². The first-order valence-corrected chi connectivity index (χ1v) is 12.5. The molecule has 0 fully saturated rings. The van der Waals surface area contributed by atoms with E-state index in [9.17, 15) is 19.6 Å². The predicted octanol–water partition coefficient (Wildman–Crippen LogP) is 6.46. The van der Waals surface area contributed by atoms with Crippen molar-refractivity contribution in [1.29, 1.82) is 5.26 Å². The summed E-state index contributed by atoms with van der Waals surface area (Å²) in [5, 5.41) is 22.8. The molecule has 0 heterocycles. The summed E-state index contributed by atoms with van der Waals surface area (Å²) in [6.07, 6.45) is 1.37. The van der Waals surface area contributed by atoms with Gasteiger partial charge in [-0.2, -0.15) is 5.26 Å². The molecular weight excluding hydrogens is 564 g/mol. The van der Waals surface area contributed by atoms with Gasteiger partial charge in [-0.15, -0.1) is 0 Å². The Balaban J connectivity index is 1.61. The standard InChI is InChI=1S/C30H21BrN2O6/c1-2-38-26-16-18(14-21(17-32)28(34)33-22-12-10-20(11-13-22)29(35)36)15-25(31)27(26)39-30(37)24-9-5-7-19-6-3-4-8-23(19)24/h3-16H,2H2,1H3,(H,33,34)(H,35,36)/b21-14+. The molecule has 9 heteroatoms. The van der Waals surface area contributed by atoms with Crippen molar-refractivity contribution in [1.82, 2.24) is 0 Å². The second kappa shape index (κ2) is 12.1. The summed E-state index contributed by atoms with van der Waals surface area (Å²) in [6.45, 7) is 2.05. The number of ether oxygens (including phenoxy) is 2. The Hall–Kier alpha value is -4.94. The van der Waals surface area contributed by atoms with E-state index in [1.807, 2.05) is 36.4 Å². The summed E-state index contributed by atoms with van der Waals surface area (Å²) >= 11 is 3.42. The van der Waals surface area contributed by atoms with Crippen LogP contribution in [0.4, 0.5) is 5.69 Å². The zero-order valence-corrected chi connectivity index (χ0v) is 22.2. The molecule has 39 heavy (non-hydrogen) atoms. The highest BCUT2D eigenvalue weighted by atomic mass is 79.9. The molecule has 1 amide bonds. The molecule has 0 aliphatic rings. The molecular formula is C30H21BrN2O6. The maximum atomic E-state index is 13.1. The van der Waals surface area contributed by atoms with Gasteiger partial charge in [-0.1, -0.05) is 36.4 Å². The van der Waals surface area contributed by atoms with Crippen LogP contribution in [0.1, 0.15) is 33.2 Å². The van der Waals surface area contributed by atoms with E-state index >= 15 is 0 Å². The van der Waals surface area contributed by atoms with Crippen LogP contribution in [0.3, 0.4) is 0 Å². The minimum absolute atomic E-state index is 0.0681. The van der Waals surface area contributed by atoms with Crippen LogP contribution in [-0.2, 0) is 4.79 Å². The van der Waals surface area contributed by atoms with Gasteiger partial charge in [0.05, 0.1) is 22.2 Å². The fourth-order valence-electron chi connectivity index (χ4n) is 3.79. The predicted molar refractivity (Wildman–Crippen MR) is 150 cm³/mol. The normalized spacial score (nSPS) is 10.9. The average molecular weight is 585 g/mol. The number of fused-ring (bicyclic) bond motifs is 1. The number of rotatable bonds is 8. The van der Waals surface area contributed by atoms with Gasteiger partial charge in [0.15, 0.2) is 11.5 Å². The van der Waals surface area contributed by atoms with Crippen molar-refractivity contribution in [3.63, 3.8) is 0 Å². The van der Waals surface area contributed by atoms with Crippen LogP contribution in [-0.4, -0.2) is 29.6 Å². The van der Waals surface area contributed by atoms with Gasteiger partial charge < -0.3 is 19.9 Å². The smallest absolute Gasteiger partial charge is 0.344 e. The van der Waals surface area contributed by atoms with Crippen molar-refractivity contribution in [2.75, 3.05) is 11.9 Å². The first-order chi connectivity index (χ1) is 18.8. The fourth-order valence-corrected chi connectivity index (χ4v) is 4.33. The second-order valence-corrected chi connectivity index (χ2v) is 9.04. The number of hydrogen-bond donors (Lipinski definition) is 2. The molecule has 0 saturated carbocycles. The number of aromatic carboxylic acids is 1. The number of carboxylic acids is 1. The zero-order chi connectivity index (χ0) is 27.9. The van der Waals surface area contributed by atoms with Crippen molar-refractivity contribution in [3.8, 4) is 17.6 Å². The maximum Gasteiger partial charge on any atom is 0.344 e. The Morgan fingerprint density at radius 1 is 1.03 bits per heavy atom. The van der Waals surface area contributed by atoms with Crippen molar-refractivity contribution < 1.29 is 29.0 Å². The number of nitrogens with zero attached hydrogens (tertiary/aromatic N) is 1. The number of benzene rings is 4. The lowest BCUT2D eigenvalue weighted by Gasteiger charge is -2.14. The lowest BCUT2D eigenvalue weighted by molar-refractivity contribution is -0.112. The molecule has 0 aliphatic heterocycles. The second-order valence-electron chi connectivity index (χ2n) is 8.19. The summed E-state index contributed by atoms with van der Waals surface area (Å²) in [4.78, 5) is 36.9. The molecule has 2 N–H and O–H groups in total. The van der Waals surface area contributed by atoms with Crippen molar-refractivity contribution >= 4 is 56.3 Å². The molecule has 0 aromatic heterocycles. The van der Waals surface area contributed by atoms with Gasteiger partial charge in [-0.05, 0) is 87.7 Å². The first kappa shape index (κ1) is 27.1. The molecule has 0 unspecified atom stereocenters. The Morgan fingerprint density at radius 2 is 1.74 bits per heavy atom. The highest BCUT2D eigenvalue weighted by molar-refractivity contribution is 9.10. The van der Waals surface area contributed by atoms with Gasteiger partial charge >= 0.3 is 11.9 Å². The van der Waals surface area contributed by atoms with Crippen LogP contribution >= 0.6 is 15.9 Å². The van der Waals surface area contributed by atoms with E-state index in [1.165, 1.54) is 30.3 Å². The minimum atomic E-state index is -1.09. The number of nitrogens with one attached hydrogen (secondary N) is 1. The highest BCUT2D eigenvalue weighted by Crippen LogP contribution is 2.38. The molecule has 4 rings (SSSR count). The van der Waals surface area contributed by atoms with Crippen molar-refractivity contribution in [2.45, 2.75) is 6.92 Å². The van der Waals surface area contributed by atoms with Gasteiger partial charge in [0.2, 0.25) is 0 Å². The fraction of sp³-hybridized carbons (Fsp3) is 0.0667. The minimum Gasteiger partial charge on any atom is -0.490 e. The number of amides is 1. The molecule has 0 atom stereocenters. The topological polar surface area (TPSA) is 126 Å². The third-order valence-electron chi connectivity index (χ3n) is 5.60. The summed E-state index contributed by atoms with van der Waals surface area (Å²) in [6, 6.07) is 23.4. The summed E-state index contributed by atoms with van der Waals surface area (Å²) in [5.74, 6) is -1.93. The van der Waals surface area contributed by atoms with Crippen LogP contribution in [0.25, 0.3) is 16.8 Å². The molecule has 0 spiro atoms. The summed E-state index contributed by atoms with van der Waals surface area (Å²) in [5.41, 5.74) is 1.04. The van der Waals surface area contributed by atoms with E-state index in [2.05, 4.69) is 21.2 Å². The zero-order valence-electron chi connectivity index (χ0n) is 20.6. The summed E-state index contributed by atoms with van der Waals surface area (Å²) < 4.78 is 11.8. The van der Waals surface area contributed by atoms with E-state index in [1.54, 1.807) is 31.2 Å². The average Bonchev–Trinajstić information content (AvgIpc) is 2.93. The number of nitriles is 1. The van der Waals surface area contributed by atoms with Gasteiger partial charge in [-0.25, -0.2) is 9.59 Å². The van der Waals surface area contributed by atoms with E-state index in [0.717, 1.165) is 10.8 Å². The quantitative estimate of drug-likeness (QED) is 0.105.